The second-order valence-corrected chi connectivity index (χ2v) is 8.17. The van der Waals surface area contributed by atoms with Crippen LogP contribution in [0.4, 0.5) is 0 Å². The minimum atomic E-state index is 0.744. The van der Waals surface area contributed by atoms with Crippen molar-refractivity contribution in [2.24, 2.45) is 17.8 Å². The molecule has 0 aromatic carbocycles. The van der Waals surface area contributed by atoms with E-state index in [1.54, 1.807) is 0 Å². The maximum atomic E-state index is 2.79. The third-order valence-electron chi connectivity index (χ3n) is 6.08. The normalized spacial score (nSPS) is 36.3. The van der Waals surface area contributed by atoms with Crippen LogP contribution in [-0.2, 0) is 0 Å². The summed E-state index contributed by atoms with van der Waals surface area (Å²) in [6.45, 7) is 17.2. The fraction of sp³-hybridized carbons (Fsp3) is 1.00. The van der Waals surface area contributed by atoms with E-state index in [2.05, 4.69) is 44.4 Å². The highest BCUT2D eigenvalue weighted by Crippen LogP contribution is 2.34. The first-order chi connectivity index (χ1) is 10.0. The number of hydrogen-bond acceptors (Lipinski definition) is 2. The molecule has 0 bridgehead atoms. The fourth-order valence-corrected chi connectivity index (χ4v) is 4.49. The van der Waals surface area contributed by atoms with E-state index in [-0.39, 0.29) is 0 Å². The molecular formula is C19H38N2. The summed E-state index contributed by atoms with van der Waals surface area (Å²) in [5.41, 5.74) is 0. The lowest BCUT2D eigenvalue weighted by Gasteiger charge is -2.46. The maximum Gasteiger partial charge on any atom is 0.0195 e. The Morgan fingerprint density at radius 2 is 1.48 bits per heavy atom. The van der Waals surface area contributed by atoms with Gasteiger partial charge in [0.25, 0.3) is 0 Å². The lowest BCUT2D eigenvalue weighted by molar-refractivity contribution is 0.0263. The predicted octanol–water partition coefficient (Wildman–Crippen LogP) is 4.25. The SMILES string of the molecule is CCCN1CC(C)N(CC2CCC(C(C)C)CC2)CC1C. The molecule has 1 saturated carbocycles. The Morgan fingerprint density at radius 1 is 0.905 bits per heavy atom. The molecule has 0 spiro atoms. The molecule has 1 heterocycles. The zero-order valence-corrected chi connectivity index (χ0v) is 15.1. The highest BCUT2D eigenvalue weighted by atomic mass is 15.3. The first-order valence-electron chi connectivity index (χ1n) is 9.49. The second kappa shape index (κ2) is 7.97. The molecule has 2 aliphatic rings. The van der Waals surface area contributed by atoms with Gasteiger partial charge < -0.3 is 0 Å². The van der Waals surface area contributed by atoms with Gasteiger partial charge in [0.1, 0.15) is 0 Å². The zero-order chi connectivity index (χ0) is 15.4. The standard InChI is InChI=1S/C19H38N2/c1-6-11-20-12-17(5)21(13-16(20)4)14-18-7-9-19(10-8-18)15(2)3/h15-19H,6-14H2,1-5H3. The zero-order valence-electron chi connectivity index (χ0n) is 15.1. The van der Waals surface area contributed by atoms with Gasteiger partial charge in [0.15, 0.2) is 0 Å². The van der Waals surface area contributed by atoms with Crippen molar-refractivity contribution in [3.05, 3.63) is 0 Å². The molecule has 2 unspecified atom stereocenters. The van der Waals surface area contributed by atoms with Gasteiger partial charge in [0, 0.05) is 31.7 Å². The van der Waals surface area contributed by atoms with Crippen molar-refractivity contribution >= 4 is 0 Å². The van der Waals surface area contributed by atoms with E-state index >= 15 is 0 Å². The van der Waals surface area contributed by atoms with Gasteiger partial charge in [-0.05, 0) is 70.3 Å². The topological polar surface area (TPSA) is 6.48 Å². The van der Waals surface area contributed by atoms with Crippen LogP contribution in [0.3, 0.4) is 0 Å². The highest BCUT2D eigenvalue weighted by Gasteiger charge is 2.31. The van der Waals surface area contributed by atoms with Gasteiger partial charge in [-0.1, -0.05) is 20.8 Å². The molecule has 1 saturated heterocycles. The minimum Gasteiger partial charge on any atom is -0.298 e. The summed E-state index contributed by atoms with van der Waals surface area (Å²) in [4.78, 5) is 5.48. The van der Waals surface area contributed by atoms with Gasteiger partial charge >= 0.3 is 0 Å². The Labute approximate surface area is 133 Å². The molecule has 2 atom stereocenters. The van der Waals surface area contributed by atoms with Gasteiger partial charge in [-0.25, -0.2) is 0 Å². The van der Waals surface area contributed by atoms with Crippen LogP contribution in [0, 0.1) is 17.8 Å². The third kappa shape index (κ3) is 4.69. The lowest BCUT2D eigenvalue weighted by atomic mass is 9.76. The summed E-state index contributed by atoms with van der Waals surface area (Å²) in [7, 11) is 0. The first kappa shape index (κ1) is 17.3. The molecule has 1 aliphatic carbocycles. The largest absolute Gasteiger partial charge is 0.298 e. The van der Waals surface area contributed by atoms with E-state index in [9.17, 15) is 0 Å². The van der Waals surface area contributed by atoms with Gasteiger partial charge in [0.2, 0.25) is 0 Å². The average molecular weight is 295 g/mol. The van der Waals surface area contributed by atoms with Crippen molar-refractivity contribution in [3.63, 3.8) is 0 Å². The van der Waals surface area contributed by atoms with Crippen LogP contribution in [0.15, 0.2) is 0 Å². The molecule has 1 aliphatic heterocycles. The summed E-state index contributed by atoms with van der Waals surface area (Å²) in [6, 6.07) is 1.49. The van der Waals surface area contributed by atoms with Crippen molar-refractivity contribution in [2.45, 2.75) is 78.8 Å². The number of rotatable bonds is 5. The van der Waals surface area contributed by atoms with Crippen LogP contribution in [0.2, 0.25) is 0 Å². The van der Waals surface area contributed by atoms with Crippen LogP contribution in [0.25, 0.3) is 0 Å². The van der Waals surface area contributed by atoms with Crippen molar-refractivity contribution in [1.29, 1.82) is 0 Å². The van der Waals surface area contributed by atoms with Crippen LogP contribution >= 0.6 is 0 Å². The Bertz CT molecular complexity index is 294. The third-order valence-corrected chi connectivity index (χ3v) is 6.08. The summed E-state index contributed by atoms with van der Waals surface area (Å²) in [6.07, 6.45) is 7.18. The highest BCUT2D eigenvalue weighted by molar-refractivity contribution is 4.86. The van der Waals surface area contributed by atoms with E-state index in [0.717, 1.165) is 29.8 Å². The smallest absolute Gasteiger partial charge is 0.0195 e. The molecule has 2 nitrogen and oxygen atoms in total. The van der Waals surface area contributed by atoms with Gasteiger partial charge in [-0.15, -0.1) is 0 Å². The van der Waals surface area contributed by atoms with Crippen LogP contribution in [0.5, 0.6) is 0 Å². The molecule has 124 valence electrons. The van der Waals surface area contributed by atoms with Crippen molar-refractivity contribution in [1.82, 2.24) is 9.80 Å². The van der Waals surface area contributed by atoms with Crippen molar-refractivity contribution in [2.75, 3.05) is 26.2 Å². The van der Waals surface area contributed by atoms with E-state index in [1.807, 2.05) is 0 Å². The Morgan fingerprint density at radius 3 is 2.05 bits per heavy atom. The molecule has 2 heteroatoms. The summed E-state index contributed by atoms with van der Waals surface area (Å²) in [5, 5.41) is 0. The van der Waals surface area contributed by atoms with Gasteiger partial charge in [0.05, 0.1) is 0 Å². The number of nitrogens with zero attached hydrogens (tertiary/aromatic N) is 2. The minimum absolute atomic E-state index is 0.744. The quantitative estimate of drug-likeness (QED) is 0.748. The molecule has 0 amide bonds. The molecular weight excluding hydrogens is 256 g/mol. The van der Waals surface area contributed by atoms with E-state index in [0.29, 0.717) is 0 Å². The number of hydrogen-bond donors (Lipinski definition) is 0. The molecule has 21 heavy (non-hydrogen) atoms. The van der Waals surface area contributed by atoms with E-state index < -0.39 is 0 Å². The van der Waals surface area contributed by atoms with E-state index in [1.165, 1.54) is 58.3 Å². The Hall–Kier alpha value is -0.0800. The lowest BCUT2D eigenvalue weighted by Crippen LogP contribution is -2.57. The van der Waals surface area contributed by atoms with E-state index in [4.69, 9.17) is 0 Å². The van der Waals surface area contributed by atoms with Crippen LogP contribution < -0.4 is 0 Å². The molecule has 2 rings (SSSR count). The molecule has 0 aromatic heterocycles. The second-order valence-electron chi connectivity index (χ2n) is 8.17. The Balaban J connectivity index is 1.79. The molecule has 0 N–H and O–H groups in total. The van der Waals surface area contributed by atoms with Crippen molar-refractivity contribution < 1.29 is 0 Å². The van der Waals surface area contributed by atoms with Crippen LogP contribution in [0.1, 0.15) is 66.7 Å². The molecule has 0 radical (unpaired) electrons. The number of piperazine rings is 1. The Kier molecular flexibility index (Phi) is 6.55. The van der Waals surface area contributed by atoms with Gasteiger partial charge in [-0.2, -0.15) is 0 Å². The van der Waals surface area contributed by atoms with Crippen molar-refractivity contribution in [3.8, 4) is 0 Å². The molecule has 2 fully saturated rings. The maximum absolute atomic E-state index is 2.79. The fourth-order valence-electron chi connectivity index (χ4n) is 4.49. The van der Waals surface area contributed by atoms with Crippen LogP contribution in [-0.4, -0.2) is 48.1 Å². The monoisotopic (exact) mass is 294 g/mol. The summed E-state index contributed by atoms with van der Waals surface area (Å²) < 4.78 is 0. The first-order valence-corrected chi connectivity index (χ1v) is 9.49. The van der Waals surface area contributed by atoms with Gasteiger partial charge in [-0.3, -0.25) is 9.80 Å². The summed E-state index contributed by atoms with van der Waals surface area (Å²) >= 11 is 0. The average Bonchev–Trinajstić information content (AvgIpc) is 2.45. The summed E-state index contributed by atoms with van der Waals surface area (Å²) in [5.74, 6) is 2.86. The molecule has 0 aromatic rings. The predicted molar refractivity (Wildman–Crippen MR) is 92.6 cm³/mol.